The molecule has 0 radical (unpaired) electrons. The maximum absolute atomic E-state index is 11.4. The molecule has 2 N–H and O–H groups in total. The fraction of sp³-hybridized carbons (Fsp3) is 0.462. The second-order valence-electron chi connectivity index (χ2n) is 4.17. The van der Waals surface area contributed by atoms with Gasteiger partial charge in [0.05, 0.1) is 13.2 Å². The van der Waals surface area contributed by atoms with Crippen LogP contribution in [0.1, 0.15) is 35.2 Å². The second kappa shape index (κ2) is 4.66. The standard InChI is InChI=1S/C13H19NO2/c1-7-6-8(2)11(12(14)10(4)15)13(16-5)9(7)3/h6,12H,14H2,1-5H3. The normalized spacial score (nSPS) is 12.4. The number of ketones is 1. The number of nitrogens with two attached hydrogens (primary N) is 1. The maximum Gasteiger partial charge on any atom is 0.151 e. The number of ether oxygens (including phenoxy) is 1. The summed E-state index contributed by atoms with van der Waals surface area (Å²) in [6, 6.07) is 1.44. The zero-order valence-corrected chi connectivity index (χ0v) is 10.5. The molecule has 3 heteroatoms. The summed E-state index contributed by atoms with van der Waals surface area (Å²) in [5.41, 5.74) is 9.90. The number of methoxy groups -OCH3 is 1. The van der Waals surface area contributed by atoms with Crippen LogP contribution in [0.15, 0.2) is 6.07 Å². The van der Waals surface area contributed by atoms with Crippen LogP contribution in [0.5, 0.6) is 5.75 Å². The van der Waals surface area contributed by atoms with Gasteiger partial charge in [0, 0.05) is 5.56 Å². The minimum absolute atomic E-state index is 0.0512. The highest BCUT2D eigenvalue weighted by atomic mass is 16.5. The molecule has 0 amide bonds. The van der Waals surface area contributed by atoms with E-state index in [2.05, 4.69) is 0 Å². The van der Waals surface area contributed by atoms with Crippen LogP contribution < -0.4 is 10.5 Å². The van der Waals surface area contributed by atoms with Crippen LogP contribution in [0.2, 0.25) is 0 Å². The Morgan fingerprint density at radius 1 is 1.31 bits per heavy atom. The summed E-state index contributed by atoms with van der Waals surface area (Å²) in [5, 5.41) is 0. The Hall–Kier alpha value is -1.35. The van der Waals surface area contributed by atoms with Crippen LogP contribution in [0.3, 0.4) is 0 Å². The topological polar surface area (TPSA) is 52.3 Å². The lowest BCUT2D eigenvalue weighted by Gasteiger charge is -2.19. The summed E-state index contributed by atoms with van der Waals surface area (Å²) < 4.78 is 5.38. The van der Waals surface area contributed by atoms with Crippen LogP contribution in [0, 0.1) is 20.8 Å². The number of carbonyl (C=O) groups is 1. The minimum atomic E-state index is -0.603. The fourth-order valence-electron chi connectivity index (χ4n) is 1.92. The van der Waals surface area contributed by atoms with Crippen LogP contribution in [-0.2, 0) is 4.79 Å². The molecule has 0 aliphatic rings. The highest BCUT2D eigenvalue weighted by molar-refractivity contribution is 5.84. The van der Waals surface area contributed by atoms with Crippen molar-refractivity contribution < 1.29 is 9.53 Å². The van der Waals surface area contributed by atoms with Gasteiger partial charge < -0.3 is 10.5 Å². The highest BCUT2D eigenvalue weighted by Gasteiger charge is 2.21. The van der Waals surface area contributed by atoms with Gasteiger partial charge >= 0.3 is 0 Å². The third kappa shape index (κ3) is 2.09. The molecule has 0 saturated heterocycles. The maximum atomic E-state index is 11.4. The summed E-state index contributed by atoms with van der Waals surface area (Å²) in [6.07, 6.45) is 0. The van der Waals surface area contributed by atoms with Crippen molar-refractivity contribution >= 4 is 5.78 Å². The van der Waals surface area contributed by atoms with E-state index in [4.69, 9.17) is 10.5 Å². The third-order valence-electron chi connectivity index (χ3n) is 2.99. The van der Waals surface area contributed by atoms with Gasteiger partial charge in [0.2, 0.25) is 0 Å². The van der Waals surface area contributed by atoms with Crippen LogP contribution >= 0.6 is 0 Å². The number of hydrogen-bond acceptors (Lipinski definition) is 3. The van der Waals surface area contributed by atoms with E-state index < -0.39 is 6.04 Å². The van der Waals surface area contributed by atoms with Gasteiger partial charge in [-0.2, -0.15) is 0 Å². The van der Waals surface area contributed by atoms with Crippen molar-refractivity contribution in [2.75, 3.05) is 7.11 Å². The lowest BCUT2D eigenvalue weighted by atomic mass is 9.93. The average Bonchev–Trinajstić information content (AvgIpc) is 2.21. The highest BCUT2D eigenvalue weighted by Crippen LogP contribution is 2.33. The van der Waals surface area contributed by atoms with Crippen molar-refractivity contribution in [2.45, 2.75) is 33.7 Å². The van der Waals surface area contributed by atoms with E-state index in [1.807, 2.05) is 26.8 Å². The van der Waals surface area contributed by atoms with E-state index in [1.165, 1.54) is 6.92 Å². The molecular weight excluding hydrogens is 202 g/mol. The van der Waals surface area contributed by atoms with Gasteiger partial charge in [0.1, 0.15) is 5.75 Å². The SMILES string of the molecule is COc1c(C)c(C)cc(C)c1C(N)C(C)=O. The predicted molar refractivity (Wildman–Crippen MR) is 64.8 cm³/mol. The number of aryl methyl sites for hydroxylation is 2. The van der Waals surface area contributed by atoms with Gasteiger partial charge in [0.25, 0.3) is 0 Å². The number of hydrogen-bond donors (Lipinski definition) is 1. The molecule has 0 spiro atoms. The summed E-state index contributed by atoms with van der Waals surface area (Å²) in [4.78, 5) is 11.4. The zero-order chi connectivity index (χ0) is 12.5. The number of carbonyl (C=O) groups excluding carboxylic acids is 1. The molecule has 16 heavy (non-hydrogen) atoms. The Morgan fingerprint density at radius 2 is 1.88 bits per heavy atom. The Labute approximate surface area is 96.6 Å². The van der Waals surface area contributed by atoms with E-state index in [-0.39, 0.29) is 5.78 Å². The number of Topliss-reactive ketones (excluding diaryl/α,β-unsaturated/α-hetero) is 1. The molecule has 0 aliphatic heterocycles. The molecule has 0 heterocycles. The van der Waals surface area contributed by atoms with Gasteiger partial charge in [-0.15, -0.1) is 0 Å². The molecule has 0 aromatic heterocycles. The van der Waals surface area contributed by atoms with Gasteiger partial charge in [0.15, 0.2) is 5.78 Å². The fourth-order valence-corrected chi connectivity index (χ4v) is 1.92. The van der Waals surface area contributed by atoms with Gasteiger partial charge in [-0.1, -0.05) is 6.07 Å². The second-order valence-corrected chi connectivity index (χ2v) is 4.17. The van der Waals surface area contributed by atoms with Crippen molar-refractivity contribution in [1.29, 1.82) is 0 Å². The first-order chi connectivity index (χ1) is 7.40. The molecule has 3 nitrogen and oxygen atoms in total. The van der Waals surface area contributed by atoms with Crippen molar-refractivity contribution in [2.24, 2.45) is 5.73 Å². The van der Waals surface area contributed by atoms with Crippen LogP contribution in [0.4, 0.5) is 0 Å². The van der Waals surface area contributed by atoms with Crippen LogP contribution in [-0.4, -0.2) is 12.9 Å². The summed E-state index contributed by atoms with van der Waals surface area (Å²) in [7, 11) is 1.61. The monoisotopic (exact) mass is 221 g/mol. The average molecular weight is 221 g/mol. The first kappa shape index (κ1) is 12.7. The number of benzene rings is 1. The third-order valence-corrected chi connectivity index (χ3v) is 2.99. The molecule has 1 aromatic rings. The first-order valence-electron chi connectivity index (χ1n) is 5.30. The Morgan fingerprint density at radius 3 is 2.31 bits per heavy atom. The van der Waals surface area contributed by atoms with E-state index in [9.17, 15) is 4.79 Å². The molecular formula is C13H19NO2. The number of rotatable bonds is 3. The van der Waals surface area contributed by atoms with Gasteiger partial charge in [-0.05, 0) is 44.4 Å². The molecule has 0 aliphatic carbocycles. The minimum Gasteiger partial charge on any atom is -0.496 e. The van der Waals surface area contributed by atoms with Crippen molar-refractivity contribution in [1.82, 2.24) is 0 Å². The first-order valence-corrected chi connectivity index (χ1v) is 5.30. The molecule has 0 saturated carbocycles. The molecule has 1 unspecified atom stereocenters. The van der Waals surface area contributed by atoms with E-state index in [1.54, 1.807) is 7.11 Å². The Bertz CT molecular complexity index is 424. The van der Waals surface area contributed by atoms with E-state index >= 15 is 0 Å². The lowest BCUT2D eigenvalue weighted by Crippen LogP contribution is -2.21. The molecule has 88 valence electrons. The molecule has 0 fully saturated rings. The summed E-state index contributed by atoms with van der Waals surface area (Å²) >= 11 is 0. The molecule has 1 atom stereocenters. The molecule has 0 bridgehead atoms. The summed E-state index contributed by atoms with van der Waals surface area (Å²) in [6.45, 7) is 7.45. The van der Waals surface area contributed by atoms with E-state index in [0.717, 1.165) is 28.0 Å². The van der Waals surface area contributed by atoms with Crippen molar-refractivity contribution in [3.63, 3.8) is 0 Å². The van der Waals surface area contributed by atoms with Gasteiger partial charge in [-0.3, -0.25) is 4.79 Å². The quantitative estimate of drug-likeness (QED) is 0.851. The largest absolute Gasteiger partial charge is 0.496 e. The molecule has 1 rings (SSSR count). The van der Waals surface area contributed by atoms with Crippen LogP contribution in [0.25, 0.3) is 0 Å². The zero-order valence-electron chi connectivity index (χ0n) is 10.5. The van der Waals surface area contributed by atoms with Gasteiger partial charge in [-0.25, -0.2) is 0 Å². The predicted octanol–water partition coefficient (Wildman–Crippen LogP) is 2.21. The van der Waals surface area contributed by atoms with E-state index in [0.29, 0.717) is 0 Å². The Kier molecular flexibility index (Phi) is 3.70. The van der Waals surface area contributed by atoms with Crippen molar-refractivity contribution in [3.05, 3.63) is 28.3 Å². The van der Waals surface area contributed by atoms with Crippen molar-refractivity contribution in [3.8, 4) is 5.75 Å². The smallest absolute Gasteiger partial charge is 0.151 e. The summed E-state index contributed by atoms with van der Waals surface area (Å²) in [5.74, 6) is 0.685. The molecule has 1 aromatic carbocycles. The lowest BCUT2D eigenvalue weighted by molar-refractivity contribution is -0.118. The Balaban J connectivity index is 3.48.